The molecule has 2 nitrogen and oxygen atoms in total. The summed E-state index contributed by atoms with van der Waals surface area (Å²) in [6.07, 6.45) is 8.71. The van der Waals surface area contributed by atoms with E-state index < -0.39 is 0 Å². The smallest absolute Gasteiger partial charge is 0.170 e. The molecule has 1 aliphatic rings. The molecular weight excluding hydrogens is 264 g/mol. The third-order valence-corrected chi connectivity index (χ3v) is 4.08. The molecule has 2 N–H and O–H groups in total. The molecule has 0 spiro atoms. The van der Waals surface area contributed by atoms with Crippen molar-refractivity contribution in [2.45, 2.75) is 46.0 Å². The Kier molecular flexibility index (Phi) is 5.60. The van der Waals surface area contributed by atoms with Crippen molar-refractivity contribution in [2.75, 3.05) is 11.9 Å². The Labute approximate surface area is 127 Å². The van der Waals surface area contributed by atoms with E-state index in [0.717, 1.165) is 23.8 Å². The Morgan fingerprint density at radius 3 is 2.60 bits per heavy atom. The highest BCUT2D eigenvalue weighted by Gasteiger charge is 2.06. The monoisotopic (exact) mass is 288 g/mol. The fourth-order valence-corrected chi connectivity index (χ4v) is 2.84. The maximum absolute atomic E-state index is 5.38. The number of thiocarbonyl (C=S) groups is 1. The summed E-state index contributed by atoms with van der Waals surface area (Å²) in [5, 5.41) is 7.35. The first-order valence-electron chi connectivity index (χ1n) is 7.46. The van der Waals surface area contributed by atoms with Gasteiger partial charge in [0.15, 0.2) is 5.11 Å². The van der Waals surface area contributed by atoms with Crippen molar-refractivity contribution in [3.05, 3.63) is 41.0 Å². The lowest BCUT2D eigenvalue weighted by Crippen LogP contribution is -2.30. The van der Waals surface area contributed by atoms with Gasteiger partial charge in [0.2, 0.25) is 0 Å². The van der Waals surface area contributed by atoms with Gasteiger partial charge in [-0.15, -0.1) is 0 Å². The van der Waals surface area contributed by atoms with E-state index in [1.807, 2.05) is 0 Å². The number of nitrogens with one attached hydrogen (secondary N) is 2. The van der Waals surface area contributed by atoms with Crippen molar-refractivity contribution in [3.63, 3.8) is 0 Å². The first-order chi connectivity index (χ1) is 9.66. The van der Waals surface area contributed by atoms with E-state index in [1.165, 1.54) is 36.8 Å². The highest BCUT2D eigenvalue weighted by atomic mass is 32.1. The lowest BCUT2D eigenvalue weighted by molar-refractivity contribution is 0.669. The molecule has 108 valence electrons. The topological polar surface area (TPSA) is 24.1 Å². The summed E-state index contributed by atoms with van der Waals surface area (Å²) in [5.41, 5.74) is 5.16. The molecule has 0 saturated carbocycles. The number of aryl methyl sites for hydroxylation is 2. The Bertz CT molecular complexity index is 485. The van der Waals surface area contributed by atoms with Gasteiger partial charge in [-0.05, 0) is 69.3 Å². The number of para-hydroxylation sites is 1. The van der Waals surface area contributed by atoms with Crippen LogP contribution in [0.15, 0.2) is 29.8 Å². The van der Waals surface area contributed by atoms with Crippen LogP contribution in [0.2, 0.25) is 0 Å². The zero-order valence-electron chi connectivity index (χ0n) is 12.5. The second-order valence-electron chi connectivity index (χ2n) is 5.51. The summed E-state index contributed by atoms with van der Waals surface area (Å²) in [5.74, 6) is 0. The number of allylic oxidation sites excluding steroid dienone is 1. The van der Waals surface area contributed by atoms with Crippen molar-refractivity contribution in [2.24, 2.45) is 0 Å². The molecule has 0 fully saturated rings. The van der Waals surface area contributed by atoms with E-state index in [2.05, 4.69) is 48.8 Å². The van der Waals surface area contributed by atoms with Gasteiger partial charge < -0.3 is 10.6 Å². The Morgan fingerprint density at radius 1 is 1.20 bits per heavy atom. The van der Waals surface area contributed by atoms with Crippen molar-refractivity contribution in [3.8, 4) is 0 Å². The number of hydrogen-bond acceptors (Lipinski definition) is 1. The third kappa shape index (κ3) is 4.34. The molecule has 0 heterocycles. The van der Waals surface area contributed by atoms with Crippen molar-refractivity contribution < 1.29 is 0 Å². The second-order valence-corrected chi connectivity index (χ2v) is 5.91. The largest absolute Gasteiger partial charge is 0.362 e. The minimum atomic E-state index is 0.721. The Morgan fingerprint density at radius 2 is 1.95 bits per heavy atom. The molecule has 1 aliphatic carbocycles. The first-order valence-corrected chi connectivity index (χ1v) is 7.86. The molecule has 1 aromatic rings. The van der Waals surface area contributed by atoms with Crippen LogP contribution in [0.4, 0.5) is 5.69 Å². The zero-order valence-corrected chi connectivity index (χ0v) is 13.3. The molecule has 0 saturated heterocycles. The number of anilines is 1. The predicted molar refractivity (Wildman–Crippen MR) is 91.3 cm³/mol. The van der Waals surface area contributed by atoms with Gasteiger partial charge in [-0.3, -0.25) is 0 Å². The van der Waals surface area contributed by atoms with Crippen LogP contribution in [0.5, 0.6) is 0 Å². The van der Waals surface area contributed by atoms with E-state index in [1.54, 1.807) is 5.57 Å². The maximum atomic E-state index is 5.38. The third-order valence-electron chi connectivity index (χ3n) is 3.84. The summed E-state index contributed by atoms with van der Waals surface area (Å²) in [7, 11) is 0. The van der Waals surface area contributed by atoms with Crippen LogP contribution in [0.25, 0.3) is 0 Å². The molecule has 0 bridgehead atoms. The van der Waals surface area contributed by atoms with Crippen LogP contribution in [0.1, 0.15) is 43.2 Å². The van der Waals surface area contributed by atoms with Gasteiger partial charge in [-0.1, -0.05) is 29.8 Å². The molecule has 0 aliphatic heterocycles. The molecule has 0 radical (unpaired) electrons. The fourth-order valence-electron chi connectivity index (χ4n) is 2.64. The van der Waals surface area contributed by atoms with Gasteiger partial charge in [0, 0.05) is 12.2 Å². The molecule has 3 heteroatoms. The van der Waals surface area contributed by atoms with Crippen LogP contribution < -0.4 is 10.6 Å². The van der Waals surface area contributed by atoms with Gasteiger partial charge in [0.05, 0.1) is 0 Å². The van der Waals surface area contributed by atoms with Crippen LogP contribution in [0, 0.1) is 13.8 Å². The van der Waals surface area contributed by atoms with Crippen LogP contribution >= 0.6 is 12.2 Å². The highest BCUT2D eigenvalue weighted by molar-refractivity contribution is 7.80. The van der Waals surface area contributed by atoms with E-state index in [4.69, 9.17) is 12.2 Å². The minimum absolute atomic E-state index is 0.721. The fraction of sp³-hybridized carbons (Fsp3) is 0.471. The van der Waals surface area contributed by atoms with Crippen LogP contribution in [0.3, 0.4) is 0 Å². The van der Waals surface area contributed by atoms with Crippen LogP contribution in [-0.4, -0.2) is 11.7 Å². The average Bonchev–Trinajstić information content (AvgIpc) is 2.44. The zero-order chi connectivity index (χ0) is 14.4. The summed E-state index contributed by atoms with van der Waals surface area (Å²) in [4.78, 5) is 0. The van der Waals surface area contributed by atoms with Gasteiger partial charge in [-0.25, -0.2) is 0 Å². The molecule has 2 rings (SSSR count). The first kappa shape index (κ1) is 15.0. The average molecular weight is 288 g/mol. The van der Waals surface area contributed by atoms with Gasteiger partial charge in [0.1, 0.15) is 0 Å². The standard InChI is InChI=1S/C17H24N2S/c1-13-7-6-8-14(2)16(13)19-17(20)18-12-11-15-9-4-3-5-10-15/h6-9H,3-5,10-12H2,1-2H3,(H2,18,19,20). The summed E-state index contributed by atoms with van der Waals surface area (Å²) in [6, 6.07) is 6.28. The lowest BCUT2D eigenvalue weighted by atomic mass is 9.97. The quantitative estimate of drug-likeness (QED) is 0.631. The summed E-state index contributed by atoms with van der Waals surface area (Å²) >= 11 is 5.38. The minimum Gasteiger partial charge on any atom is -0.362 e. The Hall–Kier alpha value is -1.35. The maximum Gasteiger partial charge on any atom is 0.170 e. The summed E-state index contributed by atoms with van der Waals surface area (Å²) in [6.45, 7) is 5.12. The molecule has 0 atom stereocenters. The van der Waals surface area contributed by atoms with E-state index in [0.29, 0.717) is 0 Å². The van der Waals surface area contributed by atoms with E-state index in [-0.39, 0.29) is 0 Å². The van der Waals surface area contributed by atoms with Crippen molar-refractivity contribution in [1.82, 2.24) is 5.32 Å². The number of hydrogen-bond donors (Lipinski definition) is 2. The molecule has 0 aromatic heterocycles. The van der Waals surface area contributed by atoms with E-state index >= 15 is 0 Å². The Balaban J connectivity index is 1.79. The second kappa shape index (κ2) is 7.44. The van der Waals surface area contributed by atoms with E-state index in [9.17, 15) is 0 Å². The SMILES string of the molecule is Cc1cccc(C)c1NC(=S)NCCC1=CCCCC1. The predicted octanol–water partition coefficient (Wildman–Crippen LogP) is 4.48. The number of benzene rings is 1. The molecule has 20 heavy (non-hydrogen) atoms. The van der Waals surface area contributed by atoms with Gasteiger partial charge in [0.25, 0.3) is 0 Å². The molecule has 0 amide bonds. The van der Waals surface area contributed by atoms with Crippen molar-refractivity contribution >= 4 is 23.0 Å². The van der Waals surface area contributed by atoms with Crippen LogP contribution in [-0.2, 0) is 0 Å². The lowest BCUT2D eigenvalue weighted by Gasteiger charge is -2.16. The molecular formula is C17H24N2S. The number of rotatable bonds is 4. The van der Waals surface area contributed by atoms with Gasteiger partial charge >= 0.3 is 0 Å². The molecule has 1 aromatic carbocycles. The normalized spacial score (nSPS) is 14.6. The van der Waals surface area contributed by atoms with Gasteiger partial charge in [-0.2, -0.15) is 0 Å². The summed E-state index contributed by atoms with van der Waals surface area (Å²) < 4.78 is 0. The van der Waals surface area contributed by atoms with Crippen molar-refractivity contribution in [1.29, 1.82) is 0 Å². The molecule has 0 unspecified atom stereocenters. The highest BCUT2D eigenvalue weighted by Crippen LogP contribution is 2.20.